The van der Waals surface area contributed by atoms with Crippen molar-refractivity contribution in [3.8, 4) is 22.6 Å². The molecule has 3 aromatic carbocycles. The molecule has 0 amide bonds. The van der Waals surface area contributed by atoms with Gasteiger partial charge in [-0.05, 0) is 67.3 Å². The Kier molecular flexibility index (Phi) is 7.33. The number of hydrogen-bond acceptors (Lipinski definition) is 7. The summed E-state index contributed by atoms with van der Waals surface area (Å²) in [5.74, 6) is -0.166. The molecule has 1 atom stereocenters. The molecule has 1 spiro atoms. The van der Waals surface area contributed by atoms with Gasteiger partial charge in [-0.2, -0.15) is 0 Å². The highest BCUT2D eigenvalue weighted by atomic mass is 19.1. The zero-order valence-corrected chi connectivity index (χ0v) is 24.8. The van der Waals surface area contributed by atoms with Crippen molar-refractivity contribution in [1.29, 1.82) is 0 Å². The first-order valence-corrected chi connectivity index (χ1v) is 15.1. The average molecular weight is 609 g/mol. The van der Waals surface area contributed by atoms with E-state index in [0.717, 1.165) is 62.2 Å². The van der Waals surface area contributed by atoms with Gasteiger partial charge < -0.3 is 24.7 Å². The van der Waals surface area contributed by atoms with E-state index in [1.807, 2.05) is 19.1 Å². The fraction of sp³-hybridized carbons (Fsp3) is 0.294. The molecule has 0 aliphatic carbocycles. The summed E-state index contributed by atoms with van der Waals surface area (Å²) in [6.07, 6.45) is 5.68. The maximum atomic E-state index is 14.6. The summed E-state index contributed by atoms with van der Waals surface area (Å²) >= 11 is 0. The van der Waals surface area contributed by atoms with Gasteiger partial charge in [-0.15, -0.1) is 0 Å². The number of H-pyrrole nitrogens is 2. The number of hydrogen-bond donors (Lipinski definition) is 3. The molecular formula is C34H33FN6O4. The molecule has 0 radical (unpaired) electrons. The van der Waals surface area contributed by atoms with E-state index >= 15 is 0 Å². The Morgan fingerprint density at radius 1 is 1.02 bits per heavy atom. The van der Waals surface area contributed by atoms with Crippen molar-refractivity contribution in [2.75, 3.05) is 31.1 Å². The van der Waals surface area contributed by atoms with Crippen molar-refractivity contribution >= 4 is 22.8 Å². The van der Waals surface area contributed by atoms with Gasteiger partial charge in [-0.1, -0.05) is 31.2 Å². The van der Waals surface area contributed by atoms with Gasteiger partial charge in [0.2, 0.25) is 0 Å². The fourth-order valence-electron chi connectivity index (χ4n) is 6.96. The van der Waals surface area contributed by atoms with Gasteiger partial charge in [0.15, 0.2) is 11.6 Å². The van der Waals surface area contributed by atoms with Gasteiger partial charge in [-0.3, -0.25) is 4.90 Å². The van der Waals surface area contributed by atoms with Crippen LogP contribution in [0, 0.1) is 11.2 Å². The molecule has 2 fully saturated rings. The van der Waals surface area contributed by atoms with E-state index < -0.39 is 11.8 Å². The zero-order chi connectivity index (χ0) is 31.1. The maximum Gasteiger partial charge on any atom is 0.336 e. The summed E-state index contributed by atoms with van der Waals surface area (Å²) in [6.45, 7) is 6.22. The maximum absolute atomic E-state index is 14.6. The number of nitrogens with zero attached hydrogens (tertiary/aromatic N) is 4. The second kappa shape index (κ2) is 11.5. The fourth-order valence-corrected chi connectivity index (χ4v) is 6.96. The molecule has 5 aromatic rings. The Morgan fingerprint density at radius 2 is 1.87 bits per heavy atom. The van der Waals surface area contributed by atoms with Crippen molar-refractivity contribution < 1.29 is 19.0 Å². The molecule has 3 N–H and O–H groups in total. The van der Waals surface area contributed by atoms with Gasteiger partial charge in [0.1, 0.15) is 17.9 Å². The number of aryl methyl sites for hydroxylation is 1. The number of halogens is 1. The standard InChI is InChI=1S/C34H33FN6O4/c1-2-22-4-3-5-24(30(22)32(42)43)25-15-23(35)7-9-28(25)45-29-16-36-20-37-31(29)41-13-11-34(19-41)10-12-40(18-34)17-21-6-8-26-27(14-21)39-33(44)38-26/h3-9,14-16,20H,2,10-13,17-19H2,1H3,(H,42,43)(H2,38,39,44). The molecule has 7 rings (SSSR count). The summed E-state index contributed by atoms with van der Waals surface area (Å²) in [4.78, 5) is 43.1. The highest BCUT2D eigenvalue weighted by Crippen LogP contribution is 2.44. The SMILES string of the molecule is CCc1cccc(-c2cc(F)ccc2Oc2cncnc2N2CCC3(CCN(Cc4ccc5[nH]c(=O)[nH]c5c4)C3)C2)c1C(=O)O. The van der Waals surface area contributed by atoms with Crippen molar-refractivity contribution in [3.05, 3.63) is 100 Å². The second-order valence-corrected chi connectivity index (χ2v) is 12.0. The minimum atomic E-state index is -1.07. The summed E-state index contributed by atoms with van der Waals surface area (Å²) in [7, 11) is 0. The molecule has 2 aromatic heterocycles. The molecule has 0 bridgehead atoms. The molecule has 10 nitrogen and oxygen atoms in total. The third-order valence-electron chi connectivity index (χ3n) is 9.10. The molecule has 45 heavy (non-hydrogen) atoms. The van der Waals surface area contributed by atoms with Crippen LogP contribution in [0.5, 0.6) is 11.5 Å². The van der Waals surface area contributed by atoms with Gasteiger partial charge in [0, 0.05) is 42.7 Å². The van der Waals surface area contributed by atoms with E-state index in [9.17, 15) is 19.1 Å². The zero-order valence-electron chi connectivity index (χ0n) is 24.8. The number of anilines is 1. The van der Waals surface area contributed by atoms with Crippen LogP contribution in [0.3, 0.4) is 0 Å². The number of nitrogens with one attached hydrogen (secondary N) is 2. The van der Waals surface area contributed by atoms with Crippen LogP contribution in [0.2, 0.25) is 0 Å². The third kappa shape index (κ3) is 5.55. The summed E-state index contributed by atoms with van der Waals surface area (Å²) in [5.41, 5.74) is 4.21. The number of aromatic amines is 2. The van der Waals surface area contributed by atoms with Crippen molar-refractivity contribution in [2.24, 2.45) is 5.41 Å². The van der Waals surface area contributed by atoms with Crippen molar-refractivity contribution in [1.82, 2.24) is 24.8 Å². The number of aromatic nitrogens is 4. The van der Waals surface area contributed by atoms with E-state index in [-0.39, 0.29) is 16.7 Å². The van der Waals surface area contributed by atoms with E-state index in [0.29, 0.717) is 40.4 Å². The first kappa shape index (κ1) is 28.7. The van der Waals surface area contributed by atoms with Crippen molar-refractivity contribution in [3.63, 3.8) is 0 Å². The van der Waals surface area contributed by atoms with Crippen molar-refractivity contribution in [2.45, 2.75) is 32.7 Å². The third-order valence-corrected chi connectivity index (χ3v) is 9.10. The second-order valence-electron chi connectivity index (χ2n) is 12.0. The van der Waals surface area contributed by atoms with Gasteiger partial charge in [0.25, 0.3) is 0 Å². The number of carboxylic acids is 1. The van der Waals surface area contributed by atoms with E-state index in [2.05, 4.69) is 35.8 Å². The lowest BCUT2D eigenvalue weighted by atomic mass is 9.86. The van der Waals surface area contributed by atoms with E-state index in [1.54, 1.807) is 24.4 Å². The van der Waals surface area contributed by atoms with Crippen LogP contribution in [0.4, 0.5) is 10.2 Å². The highest BCUT2D eigenvalue weighted by molar-refractivity contribution is 5.98. The predicted molar refractivity (Wildman–Crippen MR) is 168 cm³/mol. The molecule has 2 aliphatic heterocycles. The normalized spacial score (nSPS) is 18.3. The minimum absolute atomic E-state index is 0.104. The highest BCUT2D eigenvalue weighted by Gasteiger charge is 2.44. The number of ether oxygens (including phenoxy) is 1. The monoisotopic (exact) mass is 608 g/mol. The minimum Gasteiger partial charge on any atom is -0.478 e. The van der Waals surface area contributed by atoms with Gasteiger partial charge in [-0.25, -0.2) is 23.9 Å². The van der Waals surface area contributed by atoms with E-state index in [4.69, 9.17) is 4.74 Å². The Hall–Kier alpha value is -5.03. The first-order valence-electron chi connectivity index (χ1n) is 15.1. The Labute approximate surface area is 258 Å². The molecule has 2 saturated heterocycles. The molecule has 2 aliphatic rings. The summed E-state index contributed by atoms with van der Waals surface area (Å²) in [5, 5.41) is 10.0. The quantitative estimate of drug-likeness (QED) is 0.208. The van der Waals surface area contributed by atoms with Crippen LogP contribution in [0.25, 0.3) is 22.2 Å². The summed E-state index contributed by atoms with van der Waals surface area (Å²) < 4.78 is 21.0. The summed E-state index contributed by atoms with van der Waals surface area (Å²) in [6, 6.07) is 15.4. The number of fused-ring (bicyclic) bond motifs is 1. The number of carbonyl (C=O) groups is 1. The molecule has 11 heteroatoms. The number of imidazole rings is 1. The molecule has 230 valence electrons. The lowest BCUT2D eigenvalue weighted by Gasteiger charge is -2.26. The van der Waals surface area contributed by atoms with Crippen LogP contribution < -0.4 is 15.3 Å². The lowest BCUT2D eigenvalue weighted by Crippen LogP contribution is -2.31. The largest absolute Gasteiger partial charge is 0.478 e. The lowest BCUT2D eigenvalue weighted by molar-refractivity contribution is 0.0696. The Balaban J connectivity index is 1.12. The predicted octanol–water partition coefficient (Wildman–Crippen LogP) is 5.61. The first-order chi connectivity index (χ1) is 21.8. The Morgan fingerprint density at radius 3 is 2.71 bits per heavy atom. The van der Waals surface area contributed by atoms with Gasteiger partial charge in [0.05, 0.1) is 22.8 Å². The number of likely N-dealkylation sites (tertiary alicyclic amines) is 1. The number of benzene rings is 3. The van der Waals surface area contributed by atoms with Crippen LogP contribution in [-0.4, -0.2) is 62.1 Å². The topological polar surface area (TPSA) is 127 Å². The average Bonchev–Trinajstić information content (AvgIpc) is 3.75. The Bertz CT molecular complexity index is 1970. The van der Waals surface area contributed by atoms with Crippen LogP contribution in [0.15, 0.2) is 71.9 Å². The molecular weight excluding hydrogens is 575 g/mol. The van der Waals surface area contributed by atoms with Gasteiger partial charge >= 0.3 is 11.7 Å². The smallest absolute Gasteiger partial charge is 0.336 e. The van der Waals surface area contributed by atoms with E-state index in [1.165, 1.54) is 24.5 Å². The van der Waals surface area contributed by atoms with Crippen LogP contribution in [-0.2, 0) is 13.0 Å². The van der Waals surface area contributed by atoms with Crippen LogP contribution >= 0.6 is 0 Å². The number of rotatable bonds is 8. The number of carboxylic acid groups (broad SMARTS) is 1. The number of aromatic carboxylic acids is 1. The molecule has 4 heterocycles. The molecule has 1 unspecified atom stereocenters. The van der Waals surface area contributed by atoms with Crippen LogP contribution in [0.1, 0.15) is 41.3 Å². The molecule has 0 saturated carbocycles.